The van der Waals surface area contributed by atoms with Gasteiger partial charge >= 0.3 is 0 Å². The number of anilines is 1. The van der Waals surface area contributed by atoms with Gasteiger partial charge in [0.15, 0.2) is 4.32 Å². The highest BCUT2D eigenvalue weighted by atomic mass is 35.5. The van der Waals surface area contributed by atoms with Crippen molar-refractivity contribution >= 4 is 69.3 Å². The number of benzene rings is 3. The summed E-state index contributed by atoms with van der Waals surface area (Å²) >= 11 is 14.4. The summed E-state index contributed by atoms with van der Waals surface area (Å²) in [6, 6.07) is 24.9. The number of halogens is 1. The van der Waals surface area contributed by atoms with Gasteiger partial charge in [-0.05, 0) is 60.2 Å². The predicted octanol–water partition coefficient (Wildman–Crippen LogP) is 6.92. The van der Waals surface area contributed by atoms with E-state index in [0.29, 0.717) is 15.8 Å². The van der Waals surface area contributed by atoms with Crippen molar-refractivity contribution in [2.24, 2.45) is 0 Å². The second kappa shape index (κ2) is 10.4. The maximum atomic E-state index is 12.9. The fourth-order valence-electron chi connectivity index (χ4n) is 2.96. The summed E-state index contributed by atoms with van der Waals surface area (Å²) in [5.74, 6) is 1.48. The molecular weight excluding hydrogens is 466 g/mol. The molecule has 0 radical (unpaired) electrons. The quantitative estimate of drug-likeness (QED) is 0.157. The number of ether oxygens (including phenoxy) is 1. The smallest absolute Gasteiger partial charge is 0.270 e. The van der Waals surface area contributed by atoms with E-state index in [2.05, 4.69) is 0 Å². The highest BCUT2D eigenvalue weighted by molar-refractivity contribution is 8.27. The van der Waals surface area contributed by atoms with Crippen LogP contribution in [0.4, 0.5) is 5.69 Å². The van der Waals surface area contributed by atoms with Crippen molar-refractivity contribution in [3.63, 3.8) is 0 Å². The van der Waals surface area contributed by atoms with Crippen LogP contribution < -0.4 is 9.64 Å². The Morgan fingerprint density at radius 2 is 1.81 bits per heavy atom. The fourth-order valence-corrected chi connectivity index (χ4v) is 5.12. The number of amides is 1. The SMILES string of the molecule is O=C1/C(=C/c2cccc(OCCSc3ccc(Cl)cc3)c2)SC(=S)N1c1ccccc1. The lowest BCUT2D eigenvalue weighted by Gasteiger charge is -2.13. The van der Waals surface area contributed by atoms with Gasteiger partial charge in [-0.3, -0.25) is 9.69 Å². The number of hydrogen-bond donors (Lipinski definition) is 0. The Morgan fingerprint density at radius 3 is 2.58 bits per heavy atom. The number of nitrogens with zero attached hydrogens (tertiary/aromatic N) is 1. The Balaban J connectivity index is 1.38. The van der Waals surface area contributed by atoms with Crippen molar-refractivity contribution < 1.29 is 9.53 Å². The van der Waals surface area contributed by atoms with Gasteiger partial charge in [0, 0.05) is 15.7 Å². The van der Waals surface area contributed by atoms with E-state index in [0.717, 1.165) is 32.7 Å². The van der Waals surface area contributed by atoms with E-state index in [-0.39, 0.29) is 5.91 Å². The molecule has 1 aliphatic rings. The molecule has 0 bridgehead atoms. The highest BCUT2D eigenvalue weighted by Crippen LogP contribution is 2.36. The molecule has 0 N–H and O–H groups in total. The molecule has 3 aromatic rings. The van der Waals surface area contributed by atoms with Crippen molar-refractivity contribution in [2.75, 3.05) is 17.3 Å². The van der Waals surface area contributed by atoms with E-state index >= 15 is 0 Å². The largest absolute Gasteiger partial charge is 0.493 e. The van der Waals surface area contributed by atoms with Crippen molar-refractivity contribution in [3.8, 4) is 5.75 Å². The lowest BCUT2D eigenvalue weighted by Crippen LogP contribution is -2.27. The van der Waals surface area contributed by atoms with E-state index in [4.69, 9.17) is 28.6 Å². The summed E-state index contributed by atoms with van der Waals surface area (Å²) < 4.78 is 6.43. The zero-order valence-corrected chi connectivity index (χ0v) is 19.6. The van der Waals surface area contributed by atoms with Gasteiger partial charge in [-0.2, -0.15) is 0 Å². The monoisotopic (exact) mass is 483 g/mol. The first-order valence-corrected chi connectivity index (χ1v) is 12.1. The normalized spacial score (nSPS) is 15.0. The number of rotatable bonds is 7. The zero-order valence-electron chi connectivity index (χ0n) is 16.4. The Labute approximate surface area is 200 Å². The minimum Gasteiger partial charge on any atom is -0.493 e. The van der Waals surface area contributed by atoms with Crippen LogP contribution in [0.1, 0.15) is 5.56 Å². The molecule has 7 heteroatoms. The van der Waals surface area contributed by atoms with Gasteiger partial charge in [-0.15, -0.1) is 11.8 Å². The Bertz CT molecular complexity index is 1120. The molecule has 0 atom stereocenters. The van der Waals surface area contributed by atoms with Crippen LogP contribution in [-0.2, 0) is 4.79 Å². The summed E-state index contributed by atoms with van der Waals surface area (Å²) in [4.78, 5) is 16.2. The van der Waals surface area contributed by atoms with Gasteiger partial charge in [0.2, 0.25) is 0 Å². The second-order valence-corrected chi connectivity index (χ2v) is 9.86. The van der Waals surface area contributed by atoms with Gasteiger partial charge in [-0.25, -0.2) is 0 Å². The zero-order chi connectivity index (χ0) is 21.6. The third-order valence-electron chi connectivity index (χ3n) is 4.40. The molecule has 1 amide bonds. The molecule has 1 fully saturated rings. The average Bonchev–Trinajstić information content (AvgIpc) is 3.06. The molecule has 1 saturated heterocycles. The van der Waals surface area contributed by atoms with Crippen LogP contribution in [0.5, 0.6) is 5.75 Å². The van der Waals surface area contributed by atoms with Gasteiger partial charge in [0.05, 0.1) is 17.2 Å². The summed E-state index contributed by atoms with van der Waals surface area (Å²) in [7, 11) is 0. The fraction of sp³-hybridized carbons (Fsp3) is 0.0833. The molecule has 0 aliphatic carbocycles. The van der Waals surface area contributed by atoms with E-state index in [9.17, 15) is 4.79 Å². The molecule has 0 aromatic heterocycles. The molecule has 3 nitrogen and oxygen atoms in total. The van der Waals surface area contributed by atoms with Crippen molar-refractivity contribution in [2.45, 2.75) is 4.90 Å². The van der Waals surface area contributed by atoms with Gasteiger partial charge < -0.3 is 4.74 Å². The lowest BCUT2D eigenvalue weighted by atomic mass is 10.2. The van der Waals surface area contributed by atoms with E-state index in [1.165, 1.54) is 11.8 Å². The van der Waals surface area contributed by atoms with Crippen molar-refractivity contribution in [1.82, 2.24) is 0 Å². The number of carbonyl (C=O) groups excluding carboxylic acids is 1. The minimum atomic E-state index is -0.105. The number of hydrogen-bond acceptors (Lipinski definition) is 5. The summed E-state index contributed by atoms with van der Waals surface area (Å²) in [6.45, 7) is 0.576. The molecule has 3 aromatic carbocycles. The van der Waals surface area contributed by atoms with E-state index in [1.807, 2.05) is 84.9 Å². The van der Waals surface area contributed by atoms with E-state index in [1.54, 1.807) is 16.7 Å². The lowest BCUT2D eigenvalue weighted by molar-refractivity contribution is -0.113. The molecule has 31 heavy (non-hydrogen) atoms. The van der Waals surface area contributed by atoms with Gasteiger partial charge in [0.25, 0.3) is 5.91 Å². The van der Waals surface area contributed by atoms with Crippen LogP contribution in [0.3, 0.4) is 0 Å². The Hall–Kier alpha value is -2.25. The highest BCUT2D eigenvalue weighted by Gasteiger charge is 2.33. The first kappa shape index (κ1) is 22.0. The summed E-state index contributed by atoms with van der Waals surface area (Å²) in [6.07, 6.45) is 1.86. The van der Waals surface area contributed by atoms with Crippen molar-refractivity contribution in [1.29, 1.82) is 0 Å². The number of thiocarbonyl (C=S) groups is 1. The molecule has 156 valence electrons. The molecule has 1 aliphatic heterocycles. The average molecular weight is 484 g/mol. The summed E-state index contributed by atoms with van der Waals surface area (Å²) in [5, 5.41) is 0.734. The number of carbonyl (C=O) groups is 1. The standard InChI is InChI=1S/C24H18ClNO2S3/c25-18-9-11-21(12-10-18)30-14-13-28-20-8-4-5-17(15-20)16-22-23(27)26(24(29)31-22)19-6-2-1-3-7-19/h1-12,15-16H,13-14H2/b22-16-. The van der Waals surface area contributed by atoms with Crippen molar-refractivity contribution in [3.05, 3.63) is 94.4 Å². The van der Waals surface area contributed by atoms with Crippen LogP contribution in [0.25, 0.3) is 6.08 Å². The number of thioether (sulfide) groups is 2. The molecule has 1 heterocycles. The first-order chi connectivity index (χ1) is 15.1. The molecule has 0 spiro atoms. The maximum Gasteiger partial charge on any atom is 0.270 e. The molecule has 0 unspecified atom stereocenters. The first-order valence-electron chi connectivity index (χ1n) is 9.54. The molecular formula is C24H18ClNO2S3. The minimum absolute atomic E-state index is 0.105. The number of para-hydroxylation sites is 1. The van der Waals surface area contributed by atoms with Crippen LogP contribution in [0, 0.1) is 0 Å². The summed E-state index contributed by atoms with van der Waals surface area (Å²) in [5.41, 5.74) is 1.68. The van der Waals surface area contributed by atoms with Gasteiger partial charge in [-0.1, -0.05) is 65.9 Å². The Kier molecular flexibility index (Phi) is 7.35. The predicted molar refractivity (Wildman–Crippen MR) is 136 cm³/mol. The third kappa shape index (κ3) is 5.71. The van der Waals surface area contributed by atoms with Gasteiger partial charge in [0.1, 0.15) is 5.75 Å². The molecule has 4 rings (SSSR count). The molecule has 0 saturated carbocycles. The Morgan fingerprint density at radius 1 is 1.03 bits per heavy atom. The second-order valence-electron chi connectivity index (χ2n) is 6.58. The van der Waals surface area contributed by atoms with Crippen LogP contribution in [0.15, 0.2) is 88.7 Å². The van der Waals surface area contributed by atoms with Crippen LogP contribution in [-0.4, -0.2) is 22.6 Å². The maximum absolute atomic E-state index is 12.9. The van der Waals surface area contributed by atoms with Crippen LogP contribution >= 0.6 is 47.3 Å². The third-order valence-corrected chi connectivity index (χ3v) is 6.93. The van der Waals surface area contributed by atoms with E-state index < -0.39 is 0 Å². The van der Waals surface area contributed by atoms with Crippen LogP contribution in [0.2, 0.25) is 5.02 Å². The topological polar surface area (TPSA) is 29.5 Å².